The largest absolute Gasteiger partial charge is 0.393 e. The van der Waals surface area contributed by atoms with E-state index in [0.717, 1.165) is 33.9 Å². The first kappa shape index (κ1) is 16.7. The molecule has 3 aromatic rings. The molecule has 0 atom stereocenters. The lowest BCUT2D eigenvalue weighted by molar-refractivity contribution is -0.383. The standard InChI is InChI=1S/C16H13N3O5S/c1-10-2-4-11(5-3-10)25(23,24)18-7-6-16(20)12-8-15(19(21)22)13(17)9-14(12)18/h2-9H,17H2,1H3. The third-order valence-electron chi connectivity index (χ3n) is 3.78. The van der Waals surface area contributed by atoms with Gasteiger partial charge in [0.1, 0.15) is 5.69 Å². The number of aryl methyl sites for hydroxylation is 1. The summed E-state index contributed by atoms with van der Waals surface area (Å²) < 4.78 is 26.7. The summed E-state index contributed by atoms with van der Waals surface area (Å²) in [7, 11) is -4.00. The molecular formula is C16H13N3O5S. The van der Waals surface area contributed by atoms with E-state index in [9.17, 15) is 23.3 Å². The van der Waals surface area contributed by atoms with E-state index in [-0.39, 0.29) is 21.5 Å². The fourth-order valence-corrected chi connectivity index (χ4v) is 3.81. The molecule has 0 saturated heterocycles. The monoisotopic (exact) mass is 359 g/mol. The number of nitrogens with two attached hydrogens (primary N) is 1. The number of anilines is 1. The van der Waals surface area contributed by atoms with Crippen LogP contribution in [0.5, 0.6) is 0 Å². The molecule has 0 aliphatic heterocycles. The normalized spacial score (nSPS) is 11.6. The minimum absolute atomic E-state index is 0.0174. The molecule has 25 heavy (non-hydrogen) atoms. The molecule has 0 fully saturated rings. The Labute approximate surface area is 142 Å². The van der Waals surface area contributed by atoms with Gasteiger partial charge in [0, 0.05) is 18.3 Å². The highest BCUT2D eigenvalue weighted by molar-refractivity contribution is 7.90. The van der Waals surface area contributed by atoms with E-state index in [1.165, 1.54) is 12.1 Å². The molecule has 9 heteroatoms. The van der Waals surface area contributed by atoms with Gasteiger partial charge in [0.05, 0.1) is 20.7 Å². The molecule has 0 spiro atoms. The second-order valence-corrected chi connectivity index (χ2v) is 7.29. The third-order valence-corrected chi connectivity index (χ3v) is 5.49. The molecule has 0 aliphatic rings. The van der Waals surface area contributed by atoms with E-state index < -0.39 is 26.1 Å². The van der Waals surface area contributed by atoms with Crippen LogP contribution in [-0.4, -0.2) is 17.3 Å². The van der Waals surface area contributed by atoms with Crippen molar-refractivity contribution in [3.63, 3.8) is 0 Å². The van der Waals surface area contributed by atoms with Crippen LogP contribution in [0.4, 0.5) is 11.4 Å². The lowest BCUT2D eigenvalue weighted by Crippen LogP contribution is -2.17. The lowest BCUT2D eigenvalue weighted by atomic mass is 10.1. The van der Waals surface area contributed by atoms with Crippen molar-refractivity contribution in [2.24, 2.45) is 0 Å². The molecule has 1 heterocycles. The van der Waals surface area contributed by atoms with E-state index in [1.807, 2.05) is 6.92 Å². The second-order valence-electron chi connectivity index (χ2n) is 5.48. The average Bonchev–Trinajstić information content (AvgIpc) is 2.54. The van der Waals surface area contributed by atoms with Crippen molar-refractivity contribution >= 4 is 32.3 Å². The van der Waals surface area contributed by atoms with E-state index in [1.54, 1.807) is 12.1 Å². The summed E-state index contributed by atoms with van der Waals surface area (Å²) in [6.07, 6.45) is 1.12. The number of nitrogen functional groups attached to an aromatic ring is 1. The zero-order chi connectivity index (χ0) is 18.4. The highest BCUT2D eigenvalue weighted by atomic mass is 32.2. The van der Waals surface area contributed by atoms with E-state index in [2.05, 4.69) is 0 Å². The van der Waals surface area contributed by atoms with Gasteiger partial charge in [-0.3, -0.25) is 14.9 Å². The Morgan fingerprint density at radius 2 is 1.76 bits per heavy atom. The van der Waals surface area contributed by atoms with Crippen LogP contribution in [0.1, 0.15) is 5.56 Å². The Hall–Kier alpha value is -3.20. The maximum absolute atomic E-state index is 12.9. The van der Waals surface area contributed by atoms with Crippen molar-refractivity contribution in [2.45, 2.75) is 11.8 Å². The van der Waals surface area contributed by atoms with Crippen molar-refractivity contribution in [1.29, 1.82) is 0 Å². The van der Waals surface area contributed by atoms with Crippen molar-refractivity contribution in [3.05, 3.63) is 74.6 Å². The molecule has 0 aliphatic carbocycles. The number of pyridine rings is 1. The smallest absolute Gasteiger partial charge is 0.293 e. The van der Waals surface area contributed by atoms with E-state index in [4.69, 9.17) is 5.73 Å². The Kier molecular flexibility index (Phi) is 3.80. The van der Waals surface area contributed by atoms with Crippen molar-refractivity contribution in [3.8, 4) is 0 Å². The first-order valence-corrected chi connectivity index (χ1v) is 8.57. The summed E-state index contributed by atoms with van der Waals surface area (Å²) in [6.45, 7) is 1.82. The molecule has 0 unspecified atom stereocenters. The number of aromatic nitrogens is 1. The zero-order valence-corrected chi connectivity index (χ0v) is 13.9. The summed E-state index contributed by atoms with van der Waals surface area (Å²) in [4.78, 5) is 22.4. The summed E-state index contributed by atoms with van der Waals surface area (Å²) >= 11 is 0. The molecule has 2 N–H and O–H groups in total. The van der Waals surface area contributed by atoms with Crippen LogP contribution in [0.3, 0.4) is 0 Å². The molecular weight excluding hydrogens is 346 g/mol. The van der Waals surface area contributed by atoms with Crippen molar-refractivity contribution < 1.29 is 13.3 Å². The number of rotatable bonds is 3. The summed E-state index contributed by atoms with van der Waals surface area (Å²) in [5, 5.41) is 10.9. The van der Waals surface area contributed by atoms with Gasteiger partial charge in [0.25, 0.3) is 15.7 Å². The van der Waals surface area contributed by atoms with Gasteiger partial charge in [-0.1, -0.05) is 17.7 Å². The highest BCUT2D eigenvalue weighted by Crippen LogP contribution is 2.28. The van der Waals surface area contributed by atoms with Crippen LogP contribution in [0.2, 0.25) is 0 Å². The predicted octanol–water partition coefficient (Wildman–Crippen LogP) is 2.04. The van der Waals surface area contributed by atoms with Gasteiger partial charge in [0.2, 0.25) is 0 Å². The summed E-state index contributed by atoms with van der Waals surface area (Å²) in [5.74, 6) is 0. The quantitative estimate of drug-likeness (QED) is 0.433. The number of hydrogen-bond donors (Lipinski definition) is 1. The molecule has 2 aromatic carbocycles. The molecule has 0 bridgehead atoms. The van der Waals surface area contributed by atoms with Crippen LogP contribution < -0.4 is 11.2 Å². The fraction of sp³-hybridized carbons (Fsp3) is 0.0625. The zero-order valence-electron chi connectivity index (χ0n) is 13.0. The average molecular weight is 359 g/mol. The molecule has 128 valence electrons. The third kappa shape index (κ3) is 2.74. The molecule has 3 rings (SSSR count). The fourth-order valence-electron chi connectivity index (χ4n) is 2.47. The minimum atomic E-state index is -4.00. The van der Waals surface area contributed by atoms with Crippen molar-refractivity contribution in [2.75, 3.05) is 5.73 Å². The van der Waals surface area contributed by atoms with E-state index in [0.29, 0.717) is 0 Å². The van der Waals surface area contributed by atoms with Gasteiger partial charge in [-0.15, -0.1) is 0 Å². The van der Waals surface area contributed by atoms with Gasteiger partial charge < -0.3 is 5.73 Å². The van der Waals surface area contributed by atoms with Crippen LogP contribution in [0.15, 0.2) is 58.4 Å². The topological polar surface area (TPSA) is 125 Å². The number of nitro benzene ring substituents is 1. The minimum Gasteiger partial charge on any atom is -0.393 e. The molecule has 0 radical (unpaired) electrons. The number of benzene rings is 2. The van der Waals surface area contributed by atoms with Crippen LogP contribution in [-0.2, 0) is 10.0 Å². The van der Waals surface area contributed by atoms with Gasteiger partial charge in [-0.2, -0.15) is 0 Å². The van der Waals surface area contributed by atoms with Gasteiger partial charge in [0.15, 0.2) is 5.43 Å². The Morgan fingerprint density at radius 3 is 2.36 bits per heavy atom. The molecule has 0 amide bonds. The highest BCUT2D eigenvalue weighted by Gasteiger charge is 2.22. The first-order valence-electron chi connectivity index (χ1n) is 7.13. The number of nitro groups is 1. The van der Waals surface area contributed by atoms with Crippen molar-refractivity contribution in [1.82, 2.24) is 3.97 Å². The Balaban J connectivity index is 2.36. The van der Waals surface area contributed by atoms with Gasteiger partial charge >= 0.3 is 0 Å². The Morgan fingerprint density at radius 1 is 1.12 bits per heavy atom. The molecule has 1 aromatic heterocycles. The molecule has 8 nitrogen and oxygen atoms in total. The van der Waals surface area contributed by atoms with E-state index >= 15 is 0 Å². The number of hydrogen-bond acceptors (Lipinski definition) is 6. The van der Waals surface area contributed by atoms with Crippen LogP contribution in [0, 0.1) is 17.0 Å². The SMILES string of the molecule is Cc1ccc(S(=O)(=O)n2ccc(=O)c3cc([N+](=O)[O-])c(N)cc32)cc1. The van der Waals surface area contributed by atoms with Gasteiger partial charge in [-0.05, 0) is 25.1 Å². The molecule has 0 saturated carbocycles. The summed E-state index contributed by atoms with van der Waals surface area (Å²) in [6, 6.07) is 9.36. The number of fused-ring (bicyclic) bond motifs is 1. The maximum Gasteiger partial charge on any atom is 0.293 e. The maximum atomic E-state index is 12.9. The first-order chi connectivity index (χ1) is 11.7. The Bertz CT molecular complexity index is 1160. The van der Waals surface area contributed by atoms with Crippen LogP contribution in [0.25, 0.3) is 10.9 Å². The summed E-state index contributed by atoms with van der Waals surface area (Å²) in [5.41, 5.74) is 5.32. The lowest BCUT2D eigenvalue weighted by Gasteiger charge is -2.12. The predicted molar refractivity (Wildman–Crippen MR) is 93.0 cm³/mol. The number of nitrogens with zero attached hydrogens (tertiary/aromatic N) is 2. The van der Waals surface area contributed by atoms with Gasteiger partial charge in [-0.25, -0.2) is 12.4 Å². The van der Waals surface area contributed by atoms with Crippen LogP contribution >= 0.6 is 0 Å². The second kappa shape index (κ2) is 5.71.